The largest absolute Gasteiger partial charge is 0.495 e. The van der Waals surface area contributed by atoms with E-state index in [-0.39, 0.29) is 5.43 Å². The second kappa shape index (κ2) is 9.91. The molecule has 0 saturated heterocycles. The number of methoxy groups -OCH3 is 1. The average Bonchev–Trinajstić information content (AvgIpc) is 3.23. The lowest BCUT2D eigenvalue weighted by Gasteiger charge is -2.10. The maximum absolute atomic E-state index is 12.5. The molecule has 8 heteroatoms. The highest BCUT2D eigenvalue weighted by Gasteiger charge is 2.13. The summed E-state index contributed by atoms with van der Waals surface area (Å²) in [7, 11) is 1.60. The van der Waals surface area contributed by atoms with E-state index in [1.807, 2.05) is 28.8 Å². The van der Waals surface area contributed by atoms with Crippen molar-refractivity contribution in [2.24, 2.45) is 0 Å². The Morgan fingerprint density at radius 1 is 1.09 bits per heavy atom. The summed E-state index contributed by atoms with van der Waals surface area (Å²) in [5.41, 5.74) is 2.75. The zero-order valence-corrected chi connectivity index (χ0v) is 19.2. The predicted molar refractivity (Wildman–Crippen MR) is 127 cm³/mol. The number of aromatic amines is 1. The molecule has 0 aliphatic carbocycles. The molecule has 0 aliphatic rings. The molecule has 0 unspecified atom stereocenters. The van der Waals surface area contributed by atoms with Crippen molar-refractivity contribution in [3.05, 3.63) is 75.8 Å². The van der Waals surface area contributed by atoms with Crippen molar-refractivity contribution in [1.82, 2.24) is 19.7 Å². The molecule has 32 heavy (non-hydrogen) atoms. The van der Waals surface area contributed by atoms with Gasteiger partial charge in [-0.15, -0.1) is 10.2 Å². The zero-order valence-electron chi connectivity index (χ0n) is 18.4. The fourth-order valence-corrected chi connectivity index (χ4v) is 4.44. The molecule has 0 fully saturated rings. The first-order valence-electron chi connectivity index (χ1n) is 10.6. The number of ether oxygens (including phenoxy) is 2. The summed E-state index contributed by atoms with van der Waals surface area (Å²) in [4.78, 5) is 15.9. The maximum atomic E-state index is 12.5. The van der Waals surface area contributed by atoms with E-state index in [0.717, 1.165) is 35.4 Å². The van der Waals surface area contributed by atoms with Crippen LogP contribution in [0, 0.1) is 0 Å². The number of H-pyrrole nitrogens is 1. The lowest BCUT2D eigenvalue weighted by molar-refractivity contribution is 0.288. The van der Waals surface area contributed by atoms with E-state index < -0.39 is 0 Å². The first-order chi connectivity index (χ1) is 15.6. The number of hydrogen-bond donors (Lipinski definition) is 1. The number of pyridine rings is 1. The highest BCUT2D eigenvalue weighted by atomic mass is 32.2. The number of nitrogens with zero attached hydrogens (tertiary/aromatic N) is 3. The number of aromatic nitrogens is 4. The molecule has 0 spiro atoms. The summed E-state index contributed by atoms with van der Waals surface area (Å²) in [6.07, 6.45) is 1.00. The van der Waals surface area contributed by atoms with Gasteiger partial charge in [-0.1, -0.05) is 36.9 Å². The van der Waals surface area contributed by atoms with Gasteiger partial charge in [0.25, 0.3) is 0 Å². The number of para-hydroxylation sites is 1. The lowest BCUT2D eigenvalue weighted by atomic mass is 10.2. The van der Waals surface area contributed by atoms with Gasteiger partial charge in [-0.05, 0) is 43.2 Å². The van der Waals surface area contributed by atoms with Gasteiger partial charge in [-0.3, -0.25) is 4.79 Å². The molecule has 0 amide bonds. The molecule has 0 saturated carbocycles. The van der Waals surface area contributed by atoms with Crippen LogP contribution in [-0.2, 0) is 25.3 Å². The Kier molecular flexibility index (Phi) is 6.80. The van der Waals surface area contributed by atoms with Crippen LogP contribution in [0.25, 0.3) is 10.9 Å². The third-order valence-electron chi connectivity index (χ3n) is 5.27. The second-order valence-corrected chi connectivity index (χ2v) is 8.20. The van der Waals surface area contributed by atoms with E-state index in [0.29, 0.717) is 29.0 Å². The molecule has 0 bridgehead atoms. The van der Waals surface area contributed by atoms with Gasteiger partial charge in [0.2, 0.25) is 0 Å². The van der Waals surface area contributed by atoms with Crippen molar-refractivity contribution >= 4 is 22.7 Å². The van der Waals surface area contributed by atoms with Crippen molar-refractivity contribution in [3.63, 3.8) is 0 Å². The molecule has 7 nitrogen and oxygen atoms in total. The third kappa shape index (κ3) is 4.65. The fraction of sp³-hybridized carbons (Fsp3) is 0.292. The molecular formula is C24H26N4O3S. The molecule has 0 atom stereocenters. The summed E-state index contributed by atoms with van der Waals surface area (Å²) in [6.45, 7) is 5.25. The van der Waals surface area contributed by atoms with E-state index in [9.17, 15) is 4.79 Å². The van der Waals surface area contributed by atoms with E-state index in [2.05, 4.69) is 41.2 Å². The number of thioether (sulfide) groups is 1. The summed E-state index contributed by atoms with van der Waals surface area (Å²) in [5, 5.41) is 10.1. The first-order valence-corrected chi connectivity index (χ1v) is 11.6. The second-order valence-electron chi connectivity index (χ2n) is 7.26. The molecular weight excluding hydrogens is 424 g/mol. The van der Waals surface area contributed by atoms with Gasteiger partial charge in [-0.25, -0.2) is 0 Å². The lowest BCUT2D eigenvalue weighted by Crippen LogP contribution is -2.08. The van der Waals surface area contributed by atoms with Gasteiger partial charge >= 0.3 is 0 Å². The zero-order chi connectivity index (χ0) is 22.5. The Morgan fingerprint density at radius 2 is 1.91 bits per heavy atom. The van der Waals surface area contributed by atoms with E-state index in [1.54, 1.807) is 19.2 Å². The van der Waals surface area contributed by atoms with Crippen LogP contribution in [0.4, 0.5) is 0 Å². The van der Waals surface area contributed by atoms with Gasteiger partial charge in [0, 0.05) is 29.4 Å². The number of fused-ring (bicyclic) bond motifs is 1. The Balaban J connectivity index is 1.48. The highest BCUT2D eigenvalue weighted by Crippen LogP contribution is 2.25. The number of aryl methyl sites for hydroxylation is 1. The minimum Gasteiger partial charge on any atom is -0.495 e. The van der Waals surface area contributed by atoms with E-state index in [4.69, 9.17) is 9.47 Å². The van der Waals surface area contributed by atoms with Crippen molar-refractivity contribution in [3.8, 4) is 11.5 Å². The van der Waals surface area contributed by atoms with E-state index in [1.165, 1.54) is 17.3 Å². The van der Waals surface area contributed by atoms with Gasteiger partial charge in [0.15, 0.2) is 16.4 Å². The van der Waals surface area contributed by atoms with Crippen molar-refractivity contribution in [2.75, 3.05) is 7.11 Å². The highest BCUT2D eigenvalue weighted by molar-refractivity contribution is 7.98. The average molecular weight is 451 g/mol. The van der Waals surface area contributed by atoms with Gasteiger partial charge < -0.3 is 19.0 Å². The Morgan fingerprint density at radius 3 is 2.62 bits per heavy atom. The van der Waals surface area contributed by atoms with Crippen LogP contribution in [-0.4, -0.2) is 26.9 Å². The number of nitrogens with one attached hydrogen (secondary N) is 1. The van der Waals surface area contributed by atoms with Crippen molar-refractivity contribution in [1.29, 1.82) is 0 Å². The maximum Gasteiger partial charge on any atom is 0.191 e. The van der Waals surface area contributed by atoms with Crippen LogP contribution in [0.2, 0.25) is 0 Å². The molecule has 2 aromatic carbocycles. The fourth-order valence-electron chi connectivity index (χ4n) is 3.51. The Bertz CT molecular complexity index is 1260. The van der Waals surface area contributed by atoms with Crippen LogP contribution in [0.3, 0.4) is 0 Å². The number of hydrogen-bond acceptors (Lipinski definition) is 6. The minimum absolute atomic E-state index is 0.0339. The molecule has 2 heterocycles. The van der Waals surface area contributed by atoms with Crippen LogP contribution >= 0.6 is 11.8 Å². The Labute approximate surface area is 190 Å². The Hall–Kier alpha value is -3.26. The predicted octanol–water partition coefficient (Wildman–Crippen LogP) is 4.58. The normalized spacial score (nSPS) is 11.1. The molecule has 4 rings (SSSR count). The number of benzene rings is 2. The minimum atomic E-state index is -0.0339. The van der Waals surface area contributed by atoms with Gasteiger partial charge in [-0.2, -0.15) is 0 Å². The summed E-state index contributed by atoms with van der Waals surface area (Å²) in [5.74, 6) is 2.78. The topological polar surface area (TPSA) is 82.0 Å². The van der Waals surface area contributed by atoms with Gasteiger partial charge in [0.1, 0.15) is 18.1 Å². The van der Waals surface area contributed by atoms with Gasteiger partial charge in [0.05, 0.1) is 12.6 Å². The first kappa shape index (κ1) is 22.0. The molecule has 2 aromatic heterocycles. The third-order valence-corrected chi connectivity index (χ3v) is 6.28. The summed E-state index contributed by atoms with van der Waals surface area (Å²) in [6, 6.07) is 15.2. The number of rotatable bonds is 9. The smallest absolute Gasteiger partial charge is 0.191 e. The summed E-state index contributed by atoms with van der Waals surface area (Å²) >= 11 is 1.53. The quantitative estimate of drug-likeness (QED) is 0.376. The standard InChI is InChI=1S/C24H26N4O3S/c1-4-16-9-11-18(12-10-16)31-14-22-26-27-24(28(22)5-2)32-15-17-13-20(29)19-7-6-8-21(30-3)23(19)25-17/h6-13H,4-5,14-15H2,1-3H3,(H,25,29). The molecule has 1 N–H and O–H groups in total. The van der Waals surface area contributed by atoms with Crippen molar-refractivity contribution < 1.29 is 9.47 Å². The van der Waals surface area contributed by atoms with Crippen molar-refractivity contribution in [2.45, 2.75) is 44.3 Å². The summed E-state index contributed by atoms with van der Waals surface area (Å²) < 4.78 is 13.3. The molecule has 0 radical (unpaired) electrons. The van der Waals surface area contributed by atoms with Crippen LogP contribution in [0.15, 0.2) is 58.5 Å². The van der Waals surface area contributed by atoms with Crippen LogP contribution in [0.1, 0.15) is 30.9 Å². The SMILES string of the molecule is CCc1ccc(OCc2nnc(SCc3cc(=O)c4cccc(OC)c4[nH]3)n2CC)cc1. The van der Waals surface area contributed by atoms with Crippen LogP contribution < -0.4 is 14.9 Å². The molecule has 0 aliphatic heterocycles. The van der Waals surface area contributed by atoms with E-state index >= 15 is 0 Å². The molecule has 4 aromatic rings. The van der Waals surface area contributed by atoms with Crippen LogP contribution in [0.5, 0.6) is 11.5 Å². The monoisotopic (exact) mass is 450 g/mol. The molecule has 166 valence electrons.